The van der Waals surface area contributed by atoms with Gasteiger partial charge in [-0.2, -0.15) is 9.61 Å². The van der Waals surface area contributed by atoms with Crippen LogP contribution in [0.4, 0.5) is 10.2 Å². The van der Waals surface area contributed by atoms with Crippen LogP contribution in [0.15, 0.2) is 73.8 Å². The molecule has 0 spiro atoms. The van der Waals surface area contributed by atoms with E-state index in [0.717, 1.165) is 29.8 Å². The number of aryl methyl sites for hydroxylation is 1. The molecule has 1 saturated heterocycles. The number of anilines is 1. The SMILES string of the molecule is C=CCOC1(C)CCN(c2c(C(OC(C)(C)C)C(=O)OCC)c(C)nc3cc(-c4cccc(-c5cc(F)ccc5OC(C)C=C)c4)nn23)CC1. The molecular weight excluding hydrogens is 635 g/mol. The van der Waals surface area contributed by atoms with Gasteiger partial charge < -0.3 is 23.8 Å². The van der Waals surface area contributed by atoms with Crippen LogP contribution in [0.1, 0.15) is 71.7 Å². The number of carbonyl (C=O) groups is 1. The lowest BCUT2D eigenvalue weighted by Gasteiger charge is -2.41. The number of esters is 1. The Hall–Kier alpha value is -4.54. The van der Waals surface area contributed by atoms with E-state index >= 15 is 0 Å². The van der Waals surface area contributed by atoms with Crippen molar-refractivity contribution in [2.75, 3.05) is 31.2 Å². The third-order valence-electron chi connectivity index (χ3n) is 8.76. The Kier molecular flexibility index (Phi) is 11.1. The highest BCUT2D eigenvalue weighted by Gasteiger charge is 2.38. The molecule has 0 amide bonds. The van der Waals surface area contributed by atoms with Gasteiger partial charge in [0.2, 0.25) is 0 Å². The standard InChI is InChI=1S/C40H49FN4O5/c1-10-22-48-40(9)18-20-44(21-19-40)37-35(36(38(46)47-12-3)50-39(6,7)8)27(5)42-34-25-32(43-45(34)37)29-15-13-14-28(23-29)31-24-30(41)16-17-33(31)49-26(4)11-2/h10-11,13-17,23-26,36H,1-2,12,18-22H2,3-9H3. The molecule has 2 unspecified atom stereocenters. The van der Waals surface area contributed by atoms with Gasteiger partial charge in [-0.1, -0.05) is 36.9 Å². The summed E-state index contributed by atoms with van der Waals surface area (Å²) in [6, 6.07) is 14.2. The predicted octanol–water partition coefficient (Wildman–Crippen LogP) is 8.44. The van der Waals surface area contributed by atoms with Crippen LogP contribution < -0.4 is 9.64 Å². The van der Waals surface area contributed by atoms with Crippen molar-refractivity contribution in [2.45, 2.75) is 84.7 Å². The fraction of sp³-hybridized carbons (Fsp3) is 0.425. The van der Waals surface area contributed by atoms with Crippen molar-refractivity contribution >= 4 is 17.4 Å². The van der Waals surface area contributed by atoms with Gasteiger partial charge in [-0.15, -0.1) is 6.58 Å². The smallest absolute Gasteiger partial charge is 0.340 e. The molecule has 5 rings (SSSR count). The van der Waals surface area contributed by atoms with Crippen molar-refractivity contribution in [3.05, 3.63) is 90.9 Å². The summed E-state index contributed by atoms with van der Waals surface area (Å²) in [6.45, 7) is 23.0. The minimum atomic E-state index is -1.03. The third-order valence-corrected chi connectivity index (χ3v) is 8.76. The van der Waals surface area contributed by atoms with Crippen molar-refractivity contribution in [1.82, 2.24) is 14.6 Å². The molecule has 1 aliphatic heterocycles. The molecule has 2 aromatic carbocycles. The summed E-state index contributed by atoms with van der Waals surface area (Å²) in [5, 5.41) is 5.11. The molecule has 266 valence electrons. The molecule has 0 bridgehead atoms. The number of benzene rings is 2. The predicted molar refractivity (Wildman–Crippen MR) is 195 cm³/mol. The molecule has 0 aliphatic carbocycles. The highest BCUT2D eigenvalue weighted by atomic mass is 19.1. The highest BCUT2D eigenvalue weighted by molar-refractivity contribution is 5.81. The summed E-state index contributed by atoms with van der Waals surface area (Å²) in [4.78, 5) is 20.8. The summed E-state index contributed by atoms with van der Waals surface area (Å²) in [5.41, 5.74) is 3.76. The lowest BCUT2D eigenvalue weighted by Crippen LogP contribution is -2.45. The van der Waals surface area contributed by atoms with Crippen LogP contribution in [0, 0.1) is 12.7 Å². The Balaban J connectivity index is 1.66. The molecule has 9 nitrogen and oxygen atoms in total. The average molecular weight is 685 g/mol. The van der Waals surface area contributed by atoms with Gasteiger partial charge in [-0.3, -0.25) is 0 Å². The molecule has 3 heterocycles. The zero-order chi connectivity index (χ0) is 36.2. The van der Waals surface area contributed by atoms with Crippen LogP contribution in [0.5, 0.6) is 5.75 Å². The maximum atomic E-state index is 14.5. The maximum absolute atomic E-state index is 14.5. The summed E-state index contributed by atoms with van der Waals surface area (Å²) in [5.74, 6) is 0.424. The first-order valence-corrected chi connectivity index (χ1v) is 17.2. The summed E-state index contributed by atoms with van der Waals surface area (Å²) in [6.07, 6.45) is 3.68. The number of ether oxygens (including phenoxy) is 4. The van der Waals surface area contributed by atoms with Crippen LogP contribution in [-0.2, 0) is 19.0 Å². The van der Waals surface area contributed by atoms with E-state index in [2.05, 4.69) is 25.0 Å². The molecule has 2 atom stereocenters. The molecule has 0 saturated carbocycles. The van der Waals surface area contributed by atoms with E-state index in [1.54, 1.807) is 29.7 Å². The van der Waals surface area contributed by atoms with E-state index < -0.39 is 17.7 Å². The topological polar surface area (TPSA) is 87.4 Å². The van der Waals surface area contributed by atoms with Gasteiger partial charge in [0, 0.05) is 36.0 Å². The summed E-state index contributed by atoms with van der Waals surface area (Å²) < 4.78 is 40.6. The number of aromatic nitrogens is 3. The number of halogens is 1. The largest absolute Gasteiger partial charge is 0.486 e. The second-order valence-corrected chi connectivity index (χ2v) is 13.9. The number of carbonyl (C=O) groups excluding carboxylic acids is 1. The number of hydrogen-bond acceptors (Lipinski definition) is 8. The van der Waals surface area contributed by atoms with Gasteiger partial charge in [0.15, 0.2) is 11.8 Å². The molecular formula is C40H49FN4O5. The van der Waals surface area contributed by atoms with Crippen LogP contribution >= 0.6 is 0 Å². The second kappa shape index (κ2) is 15.1. The van der Waals surface area contributed by atoms with Gasteiger partial charge in [0.1, 0.15) is 23.5 Å². The average Bonchev–Trinajstić information content (AvgIpc) is 3.50. The normalized spacial score (nSPS) is 15.8. The van der Waals surface area contributed by atoms with Gasteiger partial charge in [-0.05, 0) is 91.1 Å². The Bertz CT molecular complexity index is 1850. The Morgan fingerprint density at radius 1 is 1.10 bits per heavy atom. The number of rotatable bonds is 13. The monoisotopic (exact) mass is 684 g/mol. The van der Waals surface area contributed by atoms with E-state index in [1.165, 1.54) is 12.1 Å². The lowest BCUT2D eigenvalue weighted by molar-refractivity contribution is -0.166. The van der Waals surface area contributed by atoms with Crippen LogP contribution in [0.2, 0.25) is 0 Å². The third kappa shape index (κ3) is 8.25. The molecule has 10 heteroatoms. The maximum Gasteiger partial charge on any atom is 0.340 e. The molecule has 50 heavy (non-hydrogen) atoms. The van der Waals surface area contributed by atoms with Crippen LogP contribution in [0.3, 0.4) is 0 Å². The Morgan fingerprint density at radius 2 is 1.82 bits per heavy atom. The molecule has 1 aliphatic rings. The van der Waals surface area contributed by atoms with Crippen molar-refractivity contribution < 1.29 is 28.1 Å². The molecule has 4 aromatic rings. The summed E-state index contributed by atoms with van der Waals surface area (Å²) in [7, 11) is 0. The summed E-state index contributed by atoms with van der Waals surface area (Å²) >= 11 is 0. The fourth-order valence-corrected chi connectivity index (χ4v) is 6.18. The van der Waals surface area contributed by atoms with Crippen LogP contribution in [0.25, 0.3) is 28.0 Å². The lowest BCUT2D eigenvalue weighted by atomic mass is 9.92. The first-order chi connectivity index (χ1) is 23.8. The minimum Gasteiger partial charge on any atom is -0.486 e. The van der Waals surface area contributed by atoms with E-state index in [1.807, 2.05) is 65.0 Å². The van der Waals surface area contributed by atoms with E-state index in [-0.39, 0.29) is 24.1 Å². The van der Waals surface area contributed by atoms with Gasteiger partial charge in [-0.25, -0.2) is 14.2 Å². The highest BCUT2D eigenvalue weighted by Crippen LogP contribution is 2.39. The van der Waals surface area contributed by atoms with E-state index in [0.29, 0.717) is 53.6 Å². The number of piperidine rings is 1. The Morgan fingerprint density at radius 3 is 2.48 bits per heavy atom. The zero-order valence-corrected chi connectivity index (χ0v) is 30.3. The van der Waals surface area contributed by atoms with Crippen molar-refractivity contribution in [2.24, 2.45) is 0 Å². The molecule has 0 radical (unpaired) electrons. The van der Waals surface area contributed by atoms with Gasteiger partial charge >= 0.3 is 5.97 Å². The molecule has 2 aromatic heterocycles. The van der Waals surface area contributed by atoms with Crippen molar-refractivity contribution in [1.29, 1.82) is 0 Å². The van der Waals surface area contributed by atoms with Gasteiger partial charge in [0.25, 0.3) is 0 Å². The van der Waals surface area contributed by atoms with Crippen molar-refractivity contribution in [3.8, 4) is 28.1 Å². The molecule has 1 fully saturated rings. The molecule has 0 N–H and O–H groups in total. The number of nitrogens with zero attached hydrogens (tertiary/aromatic N) is 4. The van der Waals surface area contributed by atoms with E-state index in [9.17, 15) is 9.18 Å². The van der Waals surface area contributed by atoms with Crippen LogP contribution in [-0.4, -0.2) is 64.2 Å². The second-order valence-electron chi connectivity index (χ2n) is 13.9. The Labute approximate surface area is 294 Å². The number of fused-ring (bicyclic) bond motifs is 1. The fourth-order valence-electron chi connectivity index (χ4n) is 6.18. The van der Waals surface area contributed by atoms with Crippen molar-refractivity contribution in [3.63, 3.8) is 0 Å². The number of hydrogen-bond donors (Lipinski definition) is 0. The first-order valence-electron chi connectivity index (χ1n) is 17.2. The van der Waals surface area contributed by atoms with Gasteiger partial charge in [0.05, 0.1) is 35.7 Å². The zero-order valence-electron chi connectivity index (χ0n) is 30.3. The first kappa shape index (κ1) is 36.7. The quantitative estimate of drug-likeness (QED) is 0.102. The van der Waals surface area contributed by atoms with E-state index in [4.69, 9.17) is 29.0 Å². The minimum absolute atomic E-state index is 0.211.